The Labute approximate surface area is 315 Å². The summed E-state index contributed by atoms with van der Waals surface area (Å²) in [6.07, 6.45) is 5.96. The molecule has 5 aromatic rings. The number of rotatable bonds is 6. The van der Waals surface area contributed by atoms with E-state index in [2.05, 4.69) is 193 Å². The fourth-order valence-electron chi connectivity index (χ4n) is 9.19. The first kappa shape index (κ1) is 38.3. The first-order chi connectivity index (χ1) is 23.6. The molecular formula is C48H55FeP. The van der Waals surface area contributed by atoms with Crippen molar-refractivity contribution in [2.24, 2.45) is 0 Å². The van der Waals surface area contributed by atoms with E-state index in [1.54, 1.807) is 0 Å². The molecule has 2 aliphatic rings. The molecule has 2 fully saturated rings. The SMILES string of the molecule is CC(C)(C)P(C1CCCC1)C(C)(C)C.[Fe].c1ccc([C]2[C](c3ccccc3)C(c3ccccc3)C(c3ccccc3)C2c2ccccc2)cc1. The molecule has 2 heteroatoms. The molecule has 2 unspecified atom stereocenters. The van der Waals surface area contributed by atoms with Crippen LogP contribution in [-0.2, 0) is 17.1 Å². The van der Waals surface area contributed by atoms with Crippen molar-refractivity contribution < 1.29 is 17.1 Å². The van der Waals surface area contributed by atoms with Gasteiger partial charge in [0.2, 0.25) is 0 Å². The Kier molecular flexibility index (Phi) is 13.1. The molecule has 0 aromatic heterocycles. The molecule has 0 N–H and O–H groups in total. The predicted molar refractivity (Wildman–Crippen MR) is 214 cm³/mol. The van der Waals surface area contributed by atoms with Crippen LogP contribution in [-0.4, -0.2) is 16.0 Å². The van der Waals surface area contributed by atoms with Crippen LogP contribution in [0.15, 0.2) is 152 Å². The maximum Gasteiger partial charge on any atom is 0.0252 e. The van der Waals surface area contributed by atoms with Crippen molar-refractivity contribution in [3.8, 4) is 0 Å². The van der Waals surface area contributed by atoms with Gasteiger partial charge in [-0.2, -0.15) is 0 Å². The Morgan fingerprint density at radius 2 is 0.720 bits per heavy atom. The van der Waals surface area contributed by atoms with E-state index < -0.39 is 0 Å². The molecule has 2 aliphatic carbocycles. The van der Waals surface area contributed by atoms with E-state index >= 15 is 0 Å². The Morgan fingerprint density at radius 3 is 1.04 bits per heavy atom. The van der Waals surface area contributed by atoms with Crippen molar-refractivity contribution in [2.75, 3.05) is 0 Å². The van der Waals surface area contributed by atoms with Gasteiger partial charge in [0, 0.05) is 40.7 Å². The number of hydrogen-bond acceptors (Lipinski definition) is 0. The predicted octanol–water partition coefficient (Wildman–Crippen LogP) is 13.6. The van der Waals surface area contributed by atoms with Crippen LogP contribution in [0.25, 0.3) is 0 Å². The summed E-state index contributed by atoms with van der Waals surface area (Å²) in [7, 11) is 0.156. The van der Waals surface area contributed by atoms with Crippen LogP contribution >= 0.6 is 7.92 Å². The summed E-state index contributed by atoms with van der Waals surface area (Å²) in [5, 5.41) is 1.06. The van der Waals surface area contributed by atoms with Crippen LogP contribution in [0, 0.1) is 11.8 Å². The molecule has 0 nitrogen and oxygen atoms in total. The number of hydrogen-bond donors (Lipinski definition) is 0. The second-order valence-electron chi connectivity index (χ2n) is 15.9. The van der Waals surface area contributed by atoms with E-state index in [4.69, 9.17) is 0 Å². The van der Waals surface area contributed by atoms with E-state index in [1.807, 2.05) is 0 Å². The average Bonchev–Trinajstić information content (AvgIpc) is 3.76. The normalized spacial score (nSPS) is 20.3. The number of benzene rings is 5. The van der Waals surface area contributed by atoms with Gasteiger partial charge in [0.1, 0.15) is 0 Å². The largest absolute Gasteiger partial charge is 0.0924 e. The van der Waals surface area contributed by atoms with Crippen molar-refractivity contribution in [1.82, 2.24) is 0 Å². The summed E-state index contributed by atoms with van der Waals surface area (Å²) in [6, 6.07) is 55.3. The maximum absolute atomic E-state index is 2.45. The average molecular weight is 719 g/mol. The van der Waals surface area contributed by atoms with Crippen molar-refractivity contribution >= 4 is 7.92 Å². The zero-order valence-electron chi connectivity index (χ0n) is 30.9. The molecule has 0 heterocycles. The van der Waals surface area contributed by atoms with Gasteiger partial charge in [-0.05, 0) is 62.5 Å². The van der Waals surface area contributed by atoms with Crippen LogP contribution in [0.5, 0.6) is 0 Å². The van der Waals surface area contributed by atoms with E-state index in [0.717, 1.165) is 5.66 Å². The van der Waals surface area contributed by atoms with Crippen molar-refractivity contribution in [3.63, 3.8) is 0 Å². The van der Waals surface area contributed by atoms with Crippen molar-refractivity contribution in [1.29, 1.82) is 0 Å². The summed E-state index contributed by atoms with van der Waals surface area (Å²) < 4.78 is 0. The molecule has 260 valence electrons. The molecule has 0 saturated heterocycles. The van der Waals surface area contributed by atoms with Gasteiger partial charge in [0.15, 0.2) is 0 Å². The van der Waals surface area contributed by atoms with Crippen LogP contribution in [0.2, 0.25) is 0 Å². The summed E-state index contributed by atoms with van der Waals surface area (Å²) >= 11 is 0. The third-order valence-corrected chi connectivity index (χ3v) is 14.6. The molecule has 5 aromatic carbocycles. The van der Waals surface area contributed by atoms with Gasteiger partial charge >= 0.3 is 0 Å². The second kappa shape index (κ2) is 17.0. The Balaban J connectivity index is 0.000000275. The topological polar surface area (TPSA) is 0 Å². The van der Waals surface area contributed by atoms with Crippen LogP contribution in [0.4, 0.5) is 0 Å². The van der Waals surface area contributed by atoms with Gasteiger partial charge in [-0.15, -0.1) is 0 Å². The molecule has 2 saturated carbocycles. The third-order valence-electron chi connectivity index (χ3n) is 10.4. The molecule has 0 spiro atoms. The standard InChI is InChI=1S/C35H28.C13H27P.Fe/c1-6-16-26(17-7-1)31-32(27-18-8-2-9-19-27)34(29-22-12-4-13-23-29)35(30-24-14-5-15-25-30)33(31)28-20-10-3-11-21-28;1-12(2,3)14(13(4,5)6)11-9-7-8-10-11;/h1-25,31-33H;11H,7-10H2,1-6H3;. The Hall–Kier alpha value is -2.95. The van der Waals surface area contributed by atoms with Crippen LogP contribution < -0.4 is 0 Å². The minimum atomic E-state index is 0. The fraction of sp³-hybridized carbons (Fsp3) is 0.333. The molecule has 2 radical (unpaired) electrons. The third kappa shape index (κ3) is 8.73. The van der Waals surface area contributed by atoms with E-state index in [0.29, 0.717) is 10.3 Å². The Bertz CT molecular complexity index is 1410. The van der Waals surface area contributed by atoms with Crippen molar-refractivity contribution in [3.05, 3.63) is 191 Å². The van der Waals surface area contributed by atoms with E-state index in [-0.39, 0.29) is 42.7 Å². The quantitative estimate of drug-likeness (QED) is 0.121. The minimum absolute atomic E-state index is 0. The van der Waals surface area contributed by atoms with Gasteiger partial charge in [0.25, 0.3) is 0 Å². The summed E-state index contributed by atoms with van der Waals surface area (Å²) in [5.41, 5.74) is 7.78. The maximum atomic E-state index is 2.45. The van der Waals surface area contributed by atoms with Gasteiger partial charge in [0.05, 0.1) is 0 Å². The van der Waals surface area contributed by atoms with Gasteiger partial charge in [-0.3, -0.25) is 0 Å². The Morgan fingerprint density at radius 1 is 0.420 bits per heavy atom. The van der Waals surface area contributed by atoms with Crippen molar-refractivity contribution in [2.45, 2.75) is 101 Å². The first-order valence-electron chi connectivity index (χ1n) is 18.4. The monoisotopic (exact) mass is 718 g/mol. The zero-order valence-corrected chi connectivity index (χ0v) is 32.9. The molecule has 2 atom stereocenters. The first-order valence-corrected chi connectivity index (χ1v) is 19.8. The smallest absolute Gasteiger partial charge is 0.0252 e. The summed E-state index contributed by atoms with van der Waals surface area (Å²) in [5.74, 6) is 3.63. The van der Waals surface area contributed by atoms with Gasteiger partial charge < -0.3 is 0 Å². The van der Waals surface area contributed by atoms with Crippen LogP contribution in [0.3, 0.4) is 0 Å². The molecule has 0 bridgehead atoms. The zero-order chi connectivity index (χ0) is 34.4. The summed E-state index contributed by atoms with van der Waals surface area (Å²) in [6.45, 7) is 14.7. The second-order valence-corrected chi connectivity index (χ2v) is 20.1. The molecule has 0 amide bonds. The molecular weight excluding hydrogens is 663 g/mol. The molecule has 50 heavy (non-hydrogen) atoms. The summed E-state index contributed by atoms with van der Waals surface area (Å²) in [4.78, 5) is 0. The fourth-order valence-corrected chi connectivity index (χ4v) is 14.3. The van der Waals surface area contributed by atoms with Gasteiger partial charge in [-0.1, -0.05) is 214 Å². The molecule has 0 aliphatic heterocycles. The molecule has 7 rings (SSSR count). The van der Waals surface area contributed by atoms with Gasteiger partial charge in [-0.25, -0.2) is 0 Å². The minimum Gasteiger partial charge on any atom is -0.0924 e. The van der Waals surface area contributed by atoms with E-state index in [1.165, 1.54) is 65.3 Å². The van der Waals surface area contributed by atoms with Crippen LogP contribution in [0.1, 0.15) is 113 Å². The van der Waals surface area contributed by atoms with E-state index in [9.17, 15) is 0 Å².